The van der Waals surface area contributed by atoms with E-state index in [1.54, 1.807) is 27.7 Å². The Morgan fingerprint density at radius 2 is 1.25 bits per heavy atom. The van der Waals surface area contributed by atoms with E-state index in [4.69, 9.17) is 23.7 Å². The first-order valence-electron chi connectivity index (χ1n) is 30.3. The van der Waals surface area contributed by atoms with Crippen LogP contribution in [0.2, 0.25) is 0 Å². The van der Waals surface area contributed by atoms with Crippen molar-refractivity contribution in [3.05, 3.63) is 84.9 Å². The van der Waals surface area contributed by atoms with Gasteiger partial charge in [-0.2, -0.15) is 0 Å². The zero-order chi connectivity index (χ0) is 55.3. The fourth-order valence-corrected chi connectivity index (χ4v) is 21.1. The number of ether oxygens (including phenoxy) is 5. The summed E-state index contributed by atoms with van der Waals surface area (Å²) in [6.07, 6.45) is 12.4. The Morgan fingerprint density at radius 1 is 0.671 bits per heavy atom. The predicted molar refractivity (Wildman–Crippen MR) is 298 cm³/mol. The highest BCUT2D eigenvalue weighted by molar-refractivity contribution is 7.97. The van der Waals surface area contributed by atoms with Crippen molar-refractivity contribution in [2.75, 3.05) is 6.61 Å². The minimum absolute atomic E-state index is 0.0203. The molecule has 0 spiro atoms. The number of hydrogen-bond acceptors (Lipinski definition) is 11. The van der Waals surface area contributed by atoms with Crippen LogP contribution in [0.1, 0.15) is 164 Å². The Kier molecular flexibility index (Phi) is 14.3. The number of rotatable bonds is 19. The minimum atomic E-state index is -1.56. The molecule has 10 saturated carbocycles. The number of aliphatic hydroxyl groups is 1. The first kappa shape index (κ1) is 54.9. The molecule has 1 saturated heterocycles. The van der Waals surface area contributed by atoms with Gasteiger partial charge in [0.25, 0.3) is 0 Å². The van der Waals surface area contributed by atoms with Gasteiger partial charge in [-0.15, -0.1) is 0 Å². The van der Waals surface area contributed by atoms with E-state index in [1.165, 1.54) is 12.8 Å². The van der Waals surface area contributed by atoms with E-state index in [0.717, 1.165) is 59.6 Å². The van der Waals surface area contributed by atoms with E-state index in [0.29, 0.717) is 85.7 Å². The Bertz CT molecular complexity index is 2710. The van der Waals surface area contributed by atoms with Crippen LogP contribution in [0.25, 0.3) is 0 Å². The molecule has 14 rings (SSSR count). The summed E-state index contributed by atoms with van der Waals surface area (Å²) in [5.41, 5.74) is -6.86. The lowest BCUT2D eigenvalue weighted by Crippen LogP contribution is -2.61. The Balaban J connectivity index is 0.872. The summed E-state index contributed by atoms with van der Waals surface area (Å²) in [6, 6.07) is 28.3. The summed E-state index contributed by atoms with van der Waals surface area (Å²) < 4.78 is 31.8. The van der Waals surface area contributed by atoms with Gasteiger partial charge < -0.3 is 28.8 Å². The van der Waals surface area contributed by atoms with Gasteiger partial charge in [0, 0.05) is 12.8 Å². The molecule has 10 atom stereocenters. The SMILES string of the molecule is CC1C2CCC(C2)C1CC(CC(C)(CC(C)(CC(C)(C)C(=O)Oc1ccc([S+](c2ccccc2)c2ccccc2)cc1)C(=O)OC12CC3CC(CC(O)(C3)C1)C2)C(=O)OC1CCOC1=O)C(=O)OC1(C)C2CC3CC(C2)CC1C3. The van der Waals surface area contributed by atoms with E-state index in [1.807, 2.05) is 60.7 Å². The number of esters is 5. The maximum Gasteiger partial charge on any atom is 0.347 e. The third-order valence-corrected chi connectivity index (χ3v) is 24.2. The monoisotopic (exact) mass is 1100 g/mol. The van der Waals surface area contributed by atoms with Gasteiger partial charge >= 0.3 is 29.8 Å². The number of hydrogen-bond donors (Lipinski definition) is 1. The quantitative estimate of drug-likeness (QED) is 0.0528. The lowest BCUT2D eigenvalue weighted by Gasteiger charge is -2.59. The van der Waals surface area contributed by atoms with Crippen LogP contribution in [0.3, 0.4) is 0 Å². The standard InChI is InChI=1S/C67H85O11S/c1-41-46-17-18-47(31-46)55(41)32-48(57(68)77-65(6)49-27-42-25-43(29-49)30-50(65)28-42)37-63(4,60(71)76-56-23-24-74-58(56)69)39-64(5,61(72)78-67-35-44-26-45(36-67)34-66(73,33-44)40-67)38-62(2,3)59(70)75-51-19-21-54(22-20-51)79(52-13-9-7-10-14-52)53-15-11-8-12-16-53/h7-16,19-22,41-50,55-56,73H,17-18,23-40H2,1-6H3/q+1. The van der Waals surface area contributed by atoms with E-state index < -0.39 is 79.8 Å². The second-order valence-electron chi connectivity index (χ2n) is 28.7. The van der Waals surface area contributed by atoms with Gasteiger partial charge in [-0.25, -0.2) is 4.79 Å². The Labute approximate surface area is 471 Å². The minimum Gasteiger partial charge on any atom is -0.463 e. The van der Waals surface area contributed by atoms with Crippen molar-refractivity contribution in [3.63, 3.8) is 0 Å². The van der Waals surface area contributed by atoms with E-state index in [9.17, 15) is 14.7 Å². The van der Waals surface area contributed by atoms with Gasteiger partial charge in [-0.05, 0) is 251 Å². The Hall–Kier alpha value is -4.68. The highest BCUT2D eigenvalue weighted by Gasteiger charge is 2.62. The third kappa shape index (κ3) is 10.6. The van der Waals surface area contributed by atoms with Crippen molar-refractivity contribution in [1.82, 2.24) is 0 Å². The summed E-state index contributed by atoms with van der Waals surface area (Å²) in [5, 5.41) is 11.9. The molecule has 3 aromatic carbocycles. The van der Waals surface area contributed by atoms with Crippen molar-refractivity contribution < 1.29 is 52.8 Å². The normalized spacial score (nSPS) is 36.6. The molecule has 3 aromatic rings. The molecular formula is C67H85O11S+. The van der Waals surface area contributed by atoms with Gasteiger partial charge in [0.15, 0.2) is 14.7 Å². The molecule has 11 nitrogen and oxygen atoms in total. The van der Waals surface area contributed by atoms with Crippen molar-refractivity contribution in [3.8, 4) is 5.75 Å². The van der Waals surface area contributed by atoms with Crippen LogP contribution in [-0.4, -0.2) is 64.5 Å². The van der Waals surface area contributed by atoms with Gasteiger partial charge in [-0.3, -0.25) is 19.2 Å². The number of carbonyl (C=O) groups excluding carboxylic acids is 5. The molecule has 1 N–H and O–H groups in total. The first-order valence-corrected chi connectivity index (χ1v) is 31.6. The molecule has 11 fully saturated rings. The van der Waals surface area contributed by atoms with Crippen LogP contribution >= 0.6 is 0 Å². The van der Waals surface area contributed by atoms with Crippen LogP contribution in [0, 0.1) is 81.3 Å². The number of fused-ring (bicyclic) bond motifs is 2. The molecular weight excluding hydrogens is 1010 g/mol. The predicted octanol–water partition coefficient (Wildman–Crippen LogP) is 12.8. The van der Waals surface area contributed by atoms with Crippen molar-refractivity contribution in [2.45, 2.75) is 201 Å². The Morgan fingerprint density at radius 3 is 1.81 bits per heavy atom. The van der Waals surface area contributed by atoms with Crippen LogP contribution in [0.15, 0.2) is 99.6 Å². The largest absolute Gasteiger partial charge is 0.463 e. The maximum atomic E-state index is 15.8. The van der Waals surface area contributed by atoms with Crippen LogP contribution in [-0.2, 0) is 53.8 Å². The van der Waals surface area contributed by atoms with E-state index in [2.05, 4.69) is 38.1 Å². The highest BCUT2D eigenvalue weighted by Crippen LogP contribution is 2.62. The molecule has 0 amide bonds. The molecule has 0 radical (unpaired) electrons. The first-order chi connectivity index (χ1) is 37.6. The molecule has 10 unspecified atom stereocenters. The molecule has 12 heteroatoms. The van der Waals surface area contributed by atoms with Gasteiger partial charge in [0.1, 0.15) is 17.0 Å². The molecule has 11 aliphatic rings. The molecule has 424 valence electrons. The van der Waals surface area contributed by atoms with Crippen LogP contribution in [0.4, 0.5) is 0 Å². The lowest BCUT2D eigenvalue weighted by molar-refractivity contribution is -0.228. The maximum absolute atomic E-state index is 15.8. The second-order valence-corrected chi connectivity index (χ2v) is 30.7. The lowest BCUT2D eigenvalue weighted by atomic mass is 9.50. The van der Waals surface area contributed by atoms with Crippen molar-refractivity contribution in [2.24, 2.45) is 81.3 Å². The van der Waals surface area contributed by atoms with Gasteiger partial charge in [0.05, 0.1) is 45.3 Å². The topological polar surface area (TPSA) is 152 Å². The van der Waals surface area contributed by atoms with E-state index in [-0.39, 0.29) is 56.0 Å². The number of cyclic esters (lactones) is 1. The summed E-state index contributed by atoms with van der Waals surface area (Å²) in [5.74, 6) is 1.08. The zero-order valence-corrected chi connectivity index (χ0v) is 48.4. The molecule has 1 aliphatic heterocycles. The molecule has 79 heavy (non-hydrogen) atoms. The van der Waals surface area contributed by atoms with Crippen LogP contribution < -0.4 is 4.74 Å². The number of benzene rings is 3. The third-order valence-electron chi connectivity index (χ3n) is 22.0. The molecule has 0 aromatic heterocycles. The fourth-order valence-electron chi connectivity index (χ4n) is 19.0. The molecule has 1 heterocycles. The van der Waals surface area contributed by atoms with Crippen molar-refractivity contribution in [1.29, 1.82) is 0 Å². The van der Waals surface area contributed by atoms with E-state index >= 15 is 14.4 Å². The average molecular weight is 1100 g/mol. The van der Waals surface area contributed by atoms with Crippen molar-refractivity contribution >= 4 is 40.7 Å². The molecule has 10 bridgehead atoms. The van der Waals surface area contributed by atoms with Gasteiger partial charge in [-0.1, -0.05) is 43.3 Å². The fraction of sp³-hybridized carbons (Fsp3) is 0.657. The second kappa shape index (κ2) is 20.6. The average Bonchev–Trinajstić information content (AvgIpc) is 4.09. The highest BCUT2D eigenvalue weighted by atomic mass is 32.2. The summed E-state index contributed by atoms with van der Waals surface area (Å²) >= 11 is 0. The molecule has 10 aliphatic carbocycles. The van der Waals surface area contributed by atoms with Crippen LogP contribution in [0.5, 0.6) is 5.75 Å². The summed E-state index contributed by atoms with van der Waals surface area (Å²) in [7, 11) is -0.414. The summed E-state index contributed by atoms with van der Waals surface area (Å²) in [6.45, 7) is 11.7. The zero-order valence-electron chi connectivity index (χ0n) is 47.6. The summed E-state index contributed by atoms with van der Waals surface area (Å²) in [4.78, 5) is 78.3. The smallest absolute Gasteiger partial charge is 0.347 e. The number of carbonyl (C=O) groups is 5. The van der Waals surface area contributed by atoms with Gasteiger partial charge in [0.2, 0.25) is 6.10 Å².